The van der Waals surface area contributed by atoms with E-state index in [4.69, 9.17) is 25.8 Å². The minimum absolute atomic E-state index is 0.0574. The first-order chi connectivity index (χ1) is 7.88. The second-order valence-corrected chi connectivity index (χ2v) is 4.09. The van der Waals surface area contributed by atoms with Gasteiger partial charge in [0.1, 0.15) is 6.61 Å². The highest BCUT2D eigenvalue weighted by Crippen LogP contribution is 2.10. The van der Waals surface area contributed by atoms with Crippen LogP contribution in [-0.4, -0.2) is 52.8 Å². The van der Waals surface area contributed by atoms with E-state index in [-0.39, 0.29) is 25.2 Å². The van der Waals surface area contributed by atoms with Crippen LogP contribution in [0.15, 0.2) is 12.2 Å². The Hall–Kier alpha value is -0.950. The first-order valence-electron chi connectivity index (χ1n) is 5.42. The van der Waals surface area contributed by atoms with Crippen molar-refractivity contribution >= 4 is 5.97 Å². The monoisotopic (exact) mass is 247 g/mol. The fourth-order valence-corrected chi connectivity index (χ4v) is 1.00. The predicted molar refractivity (Wildman–Crippen MR) is 62.1 cm³/mol. The zero-order valence-corrected chi connectivity index (χ0v) is 10.1. The van der Waals surface area contributed by atoms with Crippen LogP contribution in [0.5, 0.6) is 0 Å². The highest BCUT2D eigenvalue weighted by atomic mass is 16.5. The quantitative estimate of drug-likeness (QED) is 0.321. The average molecular weight is 247 g/mol. The second-order valence-electron chi connectivity index (χ2n) is 4.09. The molecular weight excluding hydrogens is 226 g/mol. The van der Waals surface area contributed by atoms with E-state index in [1.165, 1.54) is 0 Å². The van der Waals surface area contributed by atoms with Crippen molar-refractivity contribution in [2.75, 3.05) is 19.8 Å². The van der Waals surface area contributed by atoms with Gasteiger partial charge < -0.3 is 25.8 Å². The molecule has 6 nitrogen and oxygen atoms in total. The van der Waals surface area contributed by atoms with E-state index in [0.717, 1.165) is 0 Å². The number of aliphatic hydroxyl groups is 3. The van der Waals surface area contributed by atoms with E-state index in [1.807, 2.05) is 0 Å². The third-order valence-corrected chi connectivity index (χ3v) is 2.49. The largest absolute Gasteiger partial charge is 0.460 e. The molecule has 0 heterocycles. The molecule has 0 aliphatic carbocycles. The molecule has 0 aliphatic rings. The van der Waals surface area contributed by atoms with Crippen molar-refractivity contribution in [3.05, 3.63) is 12.2 Å². The first-order valence-corrected chi connectivity index (χ1v) is 5.42. The zero-order valence-electron chi connectivity index (χ0n) is 10.1. The van der Waals surface area contributed by atoms with Crippen LogP contribution in [0.25, 0.3) is 0 Å². The Morgan fingerprint density at radius 3 is 2.53 bits per heavy atom. The molecule has 0 bridgehead atoms. The number of hydrogen-bond donors (Lipinski definition) is 4. The van der Waals surface area contributed by atoms with Crippen LogP contribution in [0.3, 0.4) is 0 Å². The molecule has 0 spiro atoms. The topological polar surface area (TPSA) is 113 Å². The highest BCUT2D eigenvalue weighted by Gasteiger charge is 2.24. The van der Waals surface area contributed by atoms with Crippen molar-refractivity contribution in [2.24, 2.45) is 5.73 Å². The third-order valence-electron chi connectivity index (χ3n) is 2.49. The van der Waals surface area contributed by atoms with Gasteiger partial charge in [-0.15, -0.1) is 0 Å². The number of ether oxygens (including phenoxy) is 1. The van der Waals surface area contributed by atoms with Gasteiger partial charge in [0.15, 0.2) is 0 Å². The van der Waals surface area contributed by atoms with E-state index in [9.17, 15) is 4.79 Å². The lowest BCUT2D eigenvalue weighted by Crippen LogP contribution is -2.48. The molecule has 0 aromatic rings. The van der Waals surface area contributed by atoms with Crippen molar-refractivity contribution in [1.82, 2.24) is 0 Å². The number of nitrogens with two attached hydrogens (primary N) is 1. The van der Waals surface area contributed by atoms with Crippen LogP contribution in [0.2, 0.25) is 0 Å². The SMILES string of the molecule is C=C(CC(O)CO)C(=O)OCC(N)(CC)CO. The molecule has 5 N–H and O–H groups in total. The van der Waals surface area contributed by atoms with E-state index in [0.29, 0.717) is 6.42 Å². The third kappa shape index (κ3) is 5.78. The van der Waals surface area contributed by atoms with Crippen LogP contribution >= 0.6 is 0 Å². The minimum Gasteiger partial charge on any atom is -0.460 e. The van der Waals surface area contributed by atoms with E-state index < -0.39 is 24.2 Å². The molecule has 0 saturated heterocycles. The minimum atomic E-state index is -1.03. The summed E-state index contributed by atoms with van der Waals surface area (Å²) in [6.45, 7) is 4.37. The molecule has 0 radical (unpaired) electrons. The van der Waals surface area contributed by atoms with Crippen LogP contribution < -0.4 is 5.73 Å². The maximum Gasteiger partial charge on any atom is 0.333 e. The number of rotatable bonds is 8. The summed E-state index contributed by atoms with van der Waals surface area (Å²) in [5.74, 6) is -0.686. The van der Waals surface area contributed by atoms with Crippen LogP contribution in [-0.2, 0) is 9.53 Å². The summed E-state index contributed by atoms with van der Waals surface area (Å²) < 4.78 is 4.88. The van der Waals surface area contributed by atoms with Crippen molar-refractivity contribution < 1.29 is 24.9 Å². The predicted octanol–water partition coefficient (Wildman–Crippen LogP) is -1.07. The number of esters is 1. The molecule has 0 fully saturated rings. The van der Waals surface area contributed by atoms with Crippen molar-refractivity contribution in [3.8, 4) is 0 Å². The van der Waals surface area contributed by atoms with Gasteiger partial charge in [-0.3, -0.25) is 0 Å². The Labute approximate surface area is 101 Å². The first kappa shape index (κ1) is 16.1. The number of carbonyl (C=O) groups is 1. The number of hydrogen-bond acceptors (Lipinski definition) is 6. The van der Waals surface area contributed by atoms with Gasteiger partial charge in [0.25, 0.3) is 0 Å². The van der Waals surface area contributed by atoms with Crippen LogP contribution in [0.1, 0.15) is 19.8 Å². The Balaban J connectivity index is 4.14. The van der Waals surface area contributed by atoms with E-state index >= 15 is 0 Å². The van der Waals surface area contributed by atoms with Crippen molar-refractivity contribution in [1.29, 1.82) is 0 Å². The molecule has 0 aromatic carbocycles. The van der Waals surface area contributed by atoms with Gasteiger partial charge in [-0.1, -0.05) is 13.5 Å². The number of carbonyl (C=O) groups excluding carboxylic acids is 1. The van der Waals surface area contributed by atoms with E-state index in [2.05, 4.69) is 6.58 Å². The summed E-state index contributed by atoms with van der Waals surface area (Å²) in [6, 6.07) is 0. The molecule has 6 heteroatoms. The summed E-state index contributed by atoms with van der Waals surface area (Å²) in [5, 5.41) is 26.7. The summed E-state index contributed by atoms with van der Waals surface area (Å²) in [7, 11) is 0. The van der Waals surface area contributed by atoms with Gasteiger partial charge in [-0.2, -0.15) is 0 Å². The summed E-state index contributed by atoms with van der Waals surface area (Å²) >= 11 is 0. The Morgan fingerprint density at radius 2 is 2.12 bits per heavy atom. The van der Waals surface area contributed by atoms with Crippen LogP contribution in [0, 0.1) is 0 Å². The molecule has 0 aliphatic heterocycles. The van der Waals surface area contributed by atoms with Gasteiger partial charge >= 0.3 is 5.97 Å². The molecule has 0 amide bonds. The summed E-state index contributed by atoms with van der Waals surface area (Å²) in [4.78, 5) is 11.4. The summed E-state index contributed by atoms with van der Waals surface area (Å²) in [6.07, 6.45) is -0.623. The molecular formula is C11H21NO5. The number of aliphatic hydroxyl groups excluding tert-OH is 3. The lowest BCUT2D eigenvalue weighted by atomic mass is 10.0. The van der Waals surface area contributed by atoms with Crippen LogP contribution in [0.4, 0.5) is 0 Å². The lowest BCUT2D eigenvalue weighted by Gasteiger charge is -2.25. The highest BCUT2D eigenvalue weighted by molar-refractivity contribution is 5.87. The molecule has 0 aromatic heterocycles. The zero-order chi connectivity index (χ0) is 13.5. The van der Waals surface area contributed by atoms with Crippen molar-refractivity contribution in [2.45, 2.75) is 31.4 Å². The standard InChI is InChI=1S/C11H21NO5/c1-3-11(12,6-14)7-17-10(16)8(2)4-9(15)5-13/h9,13-15H,2-7,12H2,1H3. The average Bonchev–Trinajstić information content (AvgIpc) is 2.35. The van der Waals surface area contributed by atoms with E-state index in [1.54, 1.807) is 6.92 Å². The molecule has 2 atom stereocenters. The molecule has 17 heavy (non-hydrogen) atoms. The fraction of sp³-hybridized carbons (Fsp3) is 0.727. The van der Waals surface area contributed by atoms with Gasteiger partial charge in [0, 0.05) is 12.0 Å². The smallest absolute Gasteiger partial charge is 0.333 e. The van der Waals surface area contributed by atoms with Gasteiger partial charge in [0.05, 0.1) is 24.9 Å². The molecule has 100 valence electrons. The maximum absolute atomic E-state index is 11.4. The van der Waals surface area contributed by atoms with Gasteiger partial charge in [0.2, 0.25) is 0 Å². The Morgan fingerprint density at radius 1 is 1.53 bits per heavy atom. The van der Waals surface area contributed by atoms with Crippen molar-refractivity contribution in [3.63, 3.8) is 0 Å². The maximum atomic E-state index is 11.4. The van der Waals surface area contributed by atoms with Gasteiger partial charge in [-0.05, 0) is 6.42 Å². The molecule has 0 saturated carbocycles. The Bertz CT molecular complexity index is 263. The lowest BCUT2D eigenvalue weighted by molar-refractivity contribution is -0.141. The second kappa shape index (κ2) is 7.39. The normalized spacial score (nSPS) is 16.1. The fourth-order valence-electron chi connectivity index (χ4n) is 1.00. The summed E-state index contributed by atoms with van der Waals surface area (Å²) in [5.41, 5.74) is 4.83. The van der Waals surface area contributed by atoms with Gasteiger partial charge in [-0.25, -0.2) is 4.79 Å². The molecule has 0 rings (SSSR count). The molecule has 2 unspecified atom stereocenters. The Kier molecular flexibility index (Phi) is 6.98.